The van der Waals surface area contributed by atoms with Crippen LogP contribution in [0.2, 0.25) is 0 Å². The van der Waals surface area contributed by atoms with E-state index in [9.17, 15) is 14.4 Å². The van der Waals surface area contributed by atoms with Crippen LogP contribution in [-0.4, -0.2) is 26.3 Å². The molecule has 1 aliphatic rings. The summed E-state index contributed by atoms with van der Waals surface area (Å²) in [4.78, 5) is 34.8. The van der Waals surface area contributed by atoms with Crippen LogP contribution in [-0.2, 0) is 9.59 Å². The molecule has 20 heavy (non-hydrogen) atoms. The van der Waals surface area contributed by atoms with Crippen molar-refractivity contribution in [2.45, 2.75) is 40.0 Å². The molecule has 1 fully saturated rings. The largest absolute Gasteiger partial charge is 1.00 e. The van der Waals surface area contributed by atoms with Crippen LogP contribution in [0.3, 0.4) is 0 Å². The van der Waals surface area contributed by atoms with Crippen molar-refractivity contribution in [2.75, 3.05) is 0 Å². The third-order valence-corrected chi connectivity index (χ3v) is 3.39. The van der Waals surface area contributed by atoms with Crippen molar-refractivity contribution >= 4 is 51.1 Å². The molecule has 1 unspecified atom stereocenters. The van der Waals surface area contributed by atoms with Gasteiger partial charge in [0.25, 0.3) is 0 Å². The smallest absolute Gasteiger partial charge is 1.00 e. The van der Waals surface area contributed by atoms with Crippen LogP contribution in [0.4, 0.5) is 4.79 Å². The number of rotatable bonds is 4. The van der Waals surface area contributed by atoms with E-state index in [1.54, 1.807) is 6.92 Å². The first-order chi connectivity index (χ1) is 7.48. The zero-order valence-electron chi connectivity index (χ0n) is 13.3. The Balaban J connectivity index is -0.000000171. The van der Waals surface area contributed by atoms with Gasteiger partial charge in [-0.25, -0.2) is 4.79 Å². The van der Waals surface area contributed by atoms with Crippen LogP contribution < -0.4 is 40.2 Å². The van der Waals surface area contributed by atoms with Gasteiger partial charge in [0.2, 0.25) is 11.8 Å². The molecule has 9 heteroatoms. The number of imide groups is 2. The minimum Gasteiger partial charge on any atom is -1.00 e. The number of hydrogen-bond acceptors (Lipinski definition) is 3. The van der Waals surface area contributed by atoms with Crippen LogP contribution in [0.15, 0.2) is 0 Å². The molecule has 4 amide bonds. The predicted octanol–water partition coefficient (Wildman–Crippen LogP) is -1.24. The molecular formula is C11H21BCl2N2NaO3. The summed E-state index contributed by atoms with van der Waals surface area (Å²) >= 11 is 0. The summed E-state index contributed by atoms with van der Waals surface area (Å²) in [5, 5.41) is 4.36. The fourth-order valence-corrected chi connectivity index (χ4v) is 2.36. The topological polar surface area (TPSA) is 75.3 Å². The number of carbonyl (C=O) groups excluding carboxylic acids is 3. The second-order valence-corrected chi connectivity index (χ2v) is 4.25. The first kappa shape index (κ1) is 28.4. The van der Waals surface area contributed by atoms with Gasteiger partial charge in [-0.05, 0) is 18.8 Å². The summed E-state index contributed by atoms with van der Waals surface area (Å²) in [6.07, 6.45) is 2.08. The zero-order valence-corrected chi connectivity index (χ0v) is 16.0. The minimum absolute atomic E-state index is 0. The van der Waals surface area contributed by atoms with E-state index < -0.39 is 23.3 Å². The van der Waals surface area contributed by atoms with Gasteiger partial charge >= 0.3 is 35.6 Å². The molecule has 5 nitrogen and oxygen atoms in total. The fourth-order valence-electron chi connectivity index (χ4n) is 2.36. The van der Waals surface area contributed by atoms with E-state index in [1.165, 1.54) is 0 Å². The Morgan fingerprint density at radius 2 is 1.50 bits per heavy atom. The molecule has 1 atom stereocenters. The Hall–Kier alpha value is 0.255. The van der Waals surface area contributed by atoms with Crippen LogP contribution in [0, 0.1) is 11.3 Å². The number of amides is 4. The SMILES string of the molecule is CCCC(C)C1(CC)C(=O)NC(=O)NC1=O.Cl.Cl.[B].[H-].[Na+]. The third-order valence-electron chi connectivity index (χ3n) is 3.39. The molecule has 0 saturated carbocycles. The van der Waals surface area contributed by atoms with Gasteiger partial charge in [-0.15, -0.1) is 24.8 Å². The van der Waals surface area contributed by atoms with Crippen molar-refractivity contribution in [3.63, 3.8) is 0 Å². The molecule has 1 heterocycles. The summed E-state index contributed by atoms with van der Waals surface area (Å²) < 4.78 is 0. The van der Waals surface area contributed by atoms with Crippen LogP contribution >= 0.6 is 24.8 Å². The fraction of sp³-hybridized carbons (Fsp3) is 0.727. The Morgan fingerprint density at radius 1 is 1.10 bits per heavy atom. The standard InChI is InChI=1S/C11H18N2O3.B.2ClH.Na.H/c1-4-6-7(3)11(5-2)8(14)12-10(16)13-9(11)15;;;;;/h7H,4-6H2,1-3H3,(H2,12,13,14,15,16);;2*1H;;/q;;;;+1;-1. The molecule has 0 bridgehead atoms. The summed E-state index contributed by atoms with van der Waals surface area (Å²) in [6, 6.07) is -0.720. The summed E-state index contributed by atoms with van der Waals surface area (Å²) in [7, 11) is 0. The maximum absolute atomic E-state index is 11.9. The monoisotopic (exact) mass is 333 g/mol. The number of urea groups is 1. The van der Waals surface area contributed by atoms with Gasteiger partial charge in [0.15, 0.2) is 0 Å². The first-order valence-corrected chi connectivity index (χ1v) is 5.65. The maximum atomic E-state index is 11.9. The van der Waals surface area contributed by atoms with E-state index in [4.69, 9.17) is 0 Å². The molecule has 0 aromatic heterocycles. The van der Waals surface area contributed by atoms with Gasteiger partial charge in [-0.3, -0.25) is 20.2 Å². The zero-order chi connectivity index (χ0) is 12.3. The van der Waals surface area contributed by atoms with E-state index >= 15 is 0 Å². The van der Waals surface area contributed by atoms with Gasteiger partial charge in [0.05, 0.1) is 0 Å². The average Bonchev–Trinajstić information content (AvgIpc) is 2.18. The van der Waals surface area contributed by atoms with Gasteiger partial charge in [0.1, 0.15) is 5.41 Å². The maximum Gasteiger partial charge on any atom is 1.00 e. The summed E-state index contributed by atoms with van der Waals surface area (Å²) in [6.45, 7) is 5.67. The Kier molecular flexibility index (Phi) is 16.9. The van der Waals surface area contributed by atoms with E-state index in [0.29, 0.717) is 6.42 Å². The normalized spacial score (nSPS) is 17.1. The quantitative estimate of drug-likeness (QED) is 0.499. The Morgan fingerprint density at radius 3 is 1.80 bits per heavy atom. The molecule has 0 aromatic carbocycles. The summed E-state index contributed by atoms with van der Waals surface area (Å²) in [5.41, 5.74) is -1.09. The van der Waals surface area contributed by atoms with E-state index in [-0.39, 0.29) is 70.1 Å². The van der Waals surface area contributed by atoms with Crippen molar-refractivity contribution in [1.82, 2.24) is 10.6 Å². The third kappa shape index (κ3) is 5.22. The first-order valence-electron chi connectivity index (χ1n) is 5.65. The Bertz CT molecular complexity index is 331. The molecule has 0 aliphatic carbocycles. The van der Waals surface area contributed by atoms with Crippen molar-refractivity contribution < 1.29 is 45.4 Å². The van der Waals surface area contributed by atoms with Crippen LogP contribution in [0.5, 0.6) is 0 Å². The predicted molar refractivity (Wildman–Crippen MR) is 79.8 cm³/mol. The number of hydrogen-bond donors (Lipinski definition) is 2. The molecule has 0 aromatic rings. The molecule has 111 valence electrons. The Labute approximate surface area is 157 Å². The van der Waals surface area contributed by atoms with E-state index in [2.05, 4.69) is 10.6 Å². The molecule has 3 radical (unpaired) electrons. The van der Waals surface area contributed by atoms with Gasteiger partial charge in [0, 0.05) is 8.41 Å². The van der Waals surface area contributed by atoms with Crippen LogP contribution in [0.25, 0.3) is 0 Å². The van der Waals surface area contributed by atoms with E-state index in [0.717, 1.165) is 12.8 Å². The van der Waals surface area contributed by atoms with Gasteiger partial charge in [-0.2, -0.15) is 0 Å². The van der Waals surface area contributed by atoms with Crippen molar-refractivity contribution in [2.24, 2.45) is 11.3 Å². The minimum atomic E-state index is -1.09. The van der Waals surface area contributed by atoms with Crippen molar-refractivity contribution in [3.8, 4) is 0 Å². The second kappa shape index (κ2) is 11.9. The average molecular weight is 334 g/mol. The molecule has 1 saturated heterocycles. The van der Waals surface area contributed by atoms with Gasteiger partial charge < -0.3 is 1.43 Å². The number of nitrogens with one attached hydrogen (secondary N) is 2. The van der Waals surface area contributed by atoms with Crippen LogP contribution in [0.1, 0.15) is 41.5 Å². The molecular weight excluding hydrogens is 313 g/mol. The second-order valence-electron chi connectivity index (χ2n) is 4.25. The van der Waals surface area contributed by atoms with Crippen molar-refractivity contribution in [1.29, 1.82) is 0 Å². The summed E-state index contributed by atoms with van der Waals surface area (Å²) in [5.74, 6) is -1.01. The number of barbiturate groups is 1. The molecule has 0 spiro atoms. The molecule has 1 rings (SSSR count). The number of halogens is 2. The molecule has 1 aliphatic heterocycles. The van der Waals surface area contributed by atoms with Gasteiger partial charge in [-0.1, -0.05) is 27.2 Å². The van der Waals surface area contributed by atoms with Crippen molar-refractivity contribution in [3.05, 3.63) is 0 Å². The molecule has 2 N–H and O–H groups in total. The number of carbonyl (C=O) groups is 3. The van der Waals surface area contributed by atoms with E-state index in [1.807, 2.05) is 13.8 Å².